The van der Waals surface area contributed by atoms with Crippen LogP contribution in [0.3, 0.4) is 0 Å². The van der Waals surface area contributed by atoms with Crippen molar-refractivity contribution in [3.05, 3.63) is 67.9 Å². The summed E-state index contributed by atoms with van der Waals surface area (Å²) in [5, 5.41) is 2.04. The summed E-state index contributed by atoms with van der Waals surface area (Å²) in [6.45, 7) is 5.30. The molecule has 0 saturated heterocycles. The summed E-state index contributed by atoms with van der Waals surface area (Å²) in [5.41, 5.74) is 1.26. The van der Waals surface area contributed by atoms with E-state index in [1.54, 1.807) is 28.9 Å². The van der Waals surface area contributed by atoms with E-state index in [2.05, 4.69) is 19.9 Å². The van der Waals surface area contributed by atoms with Crippen LogP contribution in [0, 0.1) is 6.92 Å². The van der Waals surface area contributed by atoms with Gasteiger partial charge in [0, 0.05) is 9.75 Å². The number of nitrogens with zero attached hydrogens (tertiary/aromatic N) is 1. The highest BCUT2D eigenvalue weighted by molar-refractivity contribution is 7.14. The number of carbonyl (C=O) groups is 1. The summed E-state index contributed by atoms with van der Waals surface area (Å²) >= 11 is 3.25. The van der Waals surface area contributed by atoms with Crippen LogP contribution in [0.5, 0.6) is 0 Å². The van der Waals surface area contributed by atoms with Crippen LogP contribution in [0.4, 0.5) is 0 Å². The van der Waals surface area contributed by atoms with E-state index in [0.29, 0.717) is 13.1 Å². The molecule has 0 aliphatic carbocycles. The van der Waals surface area contributed by atoms with Gasteiger partial charge in [0.2, 0.25) is 0 Å². The lowest BCUT2D eigenvalue weighted by atomic mass is 10.2. The highest BCUT2D eigenvalue weighted by atomic mass is 32.1. The standard InChI is InChI=1S/C18H19NO2S2/c1-3-14-10-17(23-13(14)2)18(20)19(11-15-6-4-8-21-15)12-16-7-5-9-22-16/h4-10H,3,11-12H2,1-2H3. The van der Waals surface area contributed by atoms with Gasteiger partial charge in [-0.25, -0.2) is 0 Å². The van der Waals surface area contributed by atoms with Crippen molar-refractivity contribution in [1.82, 2.24) is 4.90 Å². The number of furan rings is 1. The molecule has 3 aromatic rings. The predicted octanol–water partition coefficient (Wildman–Crippen LogP) is 5.12. The van der Waals surface area contributed by atoms with Gasteiger partial charge in [-0.3, -0.25) is 4.79 Å². The fourth-order valence-electron chi connectivity index (χ4n) is 2.51. The van der Waals surface area contributed by atoms with Gasteiger partial charge in [-0.15, -0.1) is 22.7 Å². The second-order valence-electron chi connectivity index (χ2n) is 5.37. The fraction of sp³-hybridized carbons (Fsp3) is 0.278. The molecule has 0 radical (unpaired) electrons. The molecule has 0 unspecified atom stereocenters. The van der Waals surface area contributed by atoms with E-state index in [4.69, 9.17) is 4.42 Å². The molecule has 0 aliphatic rings. The molecule has 0 atom stereocenters. The molecule has 0 N–H and O–H groups in total. The van der Waals surface area contributed by atoms with E-state index >= 15 is 0 Å². The Morgan fingerprint density at radius 2 is 2.13 bits per heavy atom. The largest absolute Gasteiger partial charge is 0.467 e. The van der Waals surface area contributed by atoms with Gasteiger partial charge in [-0.2, -0.15) is 0 Å². The lowest BCUT2D eigenvalue weighted by Crippen LogP contribution is -2.29. The maximum absolute atomic E-state index is 13.0. The molecule has 5 heteroatoms. The van der Waals surface area contributed by atoms with Gasteiger partial charge in [0.05, 0.1) is 24.2 Å². The Hall–Kier alpha value is -1.85. The van der Waals surface area contributed by atoms with Crippen molar-refractivity contribution < 1.29 is 9.21 Å². The molecule has 3 aromatic heterocycles. The highest BCUT2D eigenvalue weighted by Gasteiger charge is 2.20. The van der Waals surface area contributed by atoms with Gasteiger partial charge in [0.25, 0.3) is 5.91 Å². The summed E-state index contributed by atoms with van der Waals surface area (Å²) in [5.74, 6) is 0.876. The summed E-state index contributed by atoms with van der Waals surface area (Å²) in [6, 6.07) is 9.87. The third-order valence-corrected chi connectivity index (χ3v) is 5.69. The number of thiophene rings is 2. The minimum absolute atomic E-state index is 0.0719. The normalized spacial score (nSPS) is 10.9. The first-order valence-corrected chi connectivity index (χ1v) is 9.30. The molecule has 0 aromatic carbocycles. The van der Waals surface area contributed by atoms with Gasteiger partial charge in [-0.05, 0) is 48.6 Å². The summed E-state index contributed by atoms with van der Waals surface area (Å²) in [6.07, 6.45) is 2.60. The van der Waals surface area contributed by atoms with Crippen molar-refractivity contribution in [2.24, 2.45) is 0 Å². The third-order valence-electron chi connectivity index (χ3n) is 3.75. The zero-order chi connectivity index (χ0) is 16.2. The van der Waals surface area contributed by atoms with Crippen LogP contribution >= 0.6 is 22.7 Å². The van der Waals surface area contributed by atoms with Crippen molar-refractivity contribution in [3.63, 3.8) is 0 Å². The molecule has 0 bridgehead atoms. The average molecular weight is 345 g/mol. The molecular weight excluding hydrogens is 326 g/mol. The van der Waals surface area contributed by atoms with Crippen LogP contribution in [-0.4, -0.2) is 10.8 Å². The molecular formula is C18H19NO2S2. The third kappa shape index (κ3) is 3.74. The van der Waals surface area contributed by atoms with Crippen LogP contribution in [0.15, 0.2) is 46.4 Å². The molecule has 23 heavy (non-hydrogen) atoms. The lowest BCUT2D eigenvalue weighted by Gasteiger charge is -2.20. The Labute approximate surface area is 144 Å². The Morgan fingerprint density at radius 1 is 1.26 bits per heavy atom. The zero-order valence-corrected chi connectivity index (χ0v) is 14.9. The summed E-state index contributed by atoms with van der Waals surface area (Å²) in [4.78, 5) is 18.0. The first kappa shape index (κ1) is 16.0. The van der Waals surface area contributed by atoms with Crippen LogP contribution in [0.2, 0.25) is 0 Å². The van der Waals surface area contributed by atoms with Crippen molar-refractivity contribution in [3.8, 4) is 0 Å². The number of carbonyl (C=O) groups excluding carboxylic acids is 1. The number of aryl methyl sites for hydroxylation is 2. The molecule has 3 rings (SSSR count). The maximum atomic E-state index is 13.0. The van der Waals surface area contributed by atoms with Gasteiger partial charge >= 0.3 is 0 Å². The fourth-order valence-corrected chi connectivity index (χ4v) is 4.31. The second kappa shape index (κ2) is 7.15. The first-order chi connectivity index (χ1) is 11.2. The molecule has 0 aliphatic heterocycles. The Bertz CT molecular complexity index is 721. The van der Waals surface area contributed by atoms with Gasteiger partial charge in [-0.1, -0.05) is 13.0 Å². The van der Waals surface area contributed by atoms with E-state index < -0.39 is 0 Å². The van der Waals surface area contributed by atoms with Crippen molar-refractivity contribution >= 4 is 28.6 Å². The zero-order valence-electron chi connectivity index (χ0n) is 13.2. The molecule has 3 nitrogen and oxygen atoms in total. The lowest BCUT2D eigenvalue weighted by molar-refractivity contribution is 0.0724. The van der Waals surface area contributed by atoms with E-state index in [0.717, 1.165) is 17.1 Å². The topological polar surface area (TPSA) is 33.5 Å². The molecule has 0 saturated carbocycles. The number of rotatable bonds is 6. The number of hydrogen-bond acceptors (Lipinski definition) is 4. The monoisotopic (exact) mass is 345 g/mol. The van der Waals surface area contributed by atoms with Crippen LogP contribution < -0.4 is 0 Å². The van der Waals surface area contributed by atoms with Gasteiger partial charge < -0.3 is 9.32 Å². The van der Waals surface area contributed by atoms with Gasteiger partial charge in [0.1, 0.15) is 5.76 Å². The molecule has 0 fully saturated rings. The van der Waals surface area contributed by atoms with Crippen molar-refractivity contribution in [1.29, 1.82) is 0 Å². The van der Waals surface area contributed by atoms with E-state index in [-0.39, 0.29) is 5.91 Å². The quantitative estimate of drug-likeness (QED) is 0.621. The second-order valence-corrected chi connectivity index (χ2v) is 7.65. The molecule has 0 spiro atoms. The average Bonchev–Trinajstić information content (AvgIpc) is 3.27. The highest BCUT2D eigenvalue weighted by Crippen LogP contribution is 2.25. The molecule has 3 heterocycles. The Kier molecular flexibility index (Phi) is 4.98. The summed E-state index contributed by atoms with van der Waals surface area (Å²) in [7, 11) is 0. The van der Waals surface area contributed by atoms with Crippen LogP contribution in [0.1, 0.15) is 37.7 Å². The maximum Gasteiger partial charge on any atom is 0.264 e. The van der Waals surface area contributed by atoms with Crippen molar-refractivity contribution in [2.75, 3.05) is 0 Å². The van der Waals surface area contributed by atoms with Crippen LogP contribution in [0.25, 0.3) is 0 Å². The Balaban J connectivity index is 1.84. The number of amides is 1. The summed E-state index contributed by atoms with van der Waals surface area (Å²) < 4.78 is 5.43. The number of hydrogen-bond donors (Lipinski definition) is 0. The predicted molar refractivity (Wildman–Crippen MR) is 95.0 cm³/mol. The molecule has 120 valence electrons. The van der Waals surface area contributed by atoms with E-state index in [1.165, 1.54) is 15.3 Å². The van der Waals surface area contributed by atoms with Gasteiger partial charge in [0.15, 0.2) is 0 Å². The molecule has 1 amide bonds. The van der Waals surface area contributed by atoms with E-state index in [9.17, 15) is 4.79 Å². The SMILES string of the molecule is CCc1cc(C(=O)N(Cc2ccco2)Cc2cccs2)sc1C. The smallest absolute Gasteiger partial charge is 0.264 e. The minimum atomic E-state index is 0.0719. The van der Waals surface area contributed by atoms with Crippen LogP contribution in [-0.2, 0) is 19.5 Å². The first-order valence-electron chi connectivity index (χ1n) is 7.60. The minimum Gasteiger partial charge on any atom is -0.467 e. The van der Waals surface area contributed by atoms with Crippen molar-refractivity contribution in [2.45, 2.75) is 33.4 Å². The van der Waals surface area contributed by atoms with E-state index in [1.807, 2.05) is 34.5 Å². The Morgan fingerprint density at radius 3 is 2.74 bits per heavy atom.